The number of amides is 3. The van der Waals surface area contributed by atoms with Crippen LogP contribution >= 0.6 is 0 Å². The molecule has 8 nitrogen and oxygen atoms in total. The summed E-state index contributed by atoms with van der Waals surface area (Å²) in [7, 11) is 0. The maximum atomic E-state index is 12.5. The Balaban J connectivity index is 1.38. The van der Waals surface area contributed by atoms with Gasteiger partial charge in [0.05, 0.1) is 29.9 Å². The van der Waals surface area contributed by atoms with Crippen molar-refractivity contribution in [1.29, 1.82) is 0 Å². The summed E-state index contributed by atoms with van der Waals surface area (Å²) < 4.78 is 10.9. The second-order valence-electron chi connectivity index (χ2n) is 6.68. The van der Waals surface area contributed by atoms with Crippen molar-refractivity contribution in [2.24, 2.45) is 0 Å². The Kier molecular flexibility index (Phi) is 4.75. The molecule has 2 aromatic carbocycles. The van der Waals surface area contributed by atoms with E-state index in [1.807, 2.05) is 0 Å². The molecule has 2 aliphatic heterocycles. The minimum Gasteiger partial charge on any atom is -0.475 e. The Morgan fingerprint density at radius 1 is 1.03 bits per heavy atom. The molecule has 0 aromatic heterocycles. The first-order valence-corrected chi connectivity index (χ1v) is 9.13. The highest BCUT2D eigenvalue weighted by atomic mass is 16.6. The summed E-state index contributed by atoms with van der Waals surface area (Å²) in [4.78, 5) is 51.6. The number of imide groups is 1. The lowest BCUT2D eigenvalue weighted by molar-refractivity contribution is -0.152. The molecular formula is C21H18N2O6. The second-order valence-corrected chi connectivity index (χ2v) is 6.68. The van der Waals surface area contributed by atoms with Gasteiger partial charge in [0.15, 0.2) is 0 Å². The van der Waals surface area contributed by atoms with Gasteiger partial charge in [-0.1, -0.05) is 24.3 Å². The first-order valence-electron chi connectivity index (χ1n) is 9.13. The fourth-order valence-electron chi connectivity index (χ4n) is 3.43. The summed E-state index contributed by atoms with van der Waals surface area (Å²) >= 11 is 0. The van der Waals surface area contributed by atoms with E-state index in [0.717, 1.165) is 4.90 Å². The fourth-order valence-corrected chi connectivity index (χ4v) is 3.43. The van der Waals surface area contributed by atoms with Gasteiger partial charge in [0.1, 0.15) is 12.4 Å². The number of hydrogen-bond acceptors (Lipinski definition) is 6. The SMILES string of the molecule is CC(=O)N1CC(C(=O)OCCN2C(=O)c3ccccc3C2=O)Oc2ccccc21. The van der Waals surface area contributed by atoms with Crippen molar-refractivity contribution in [3.05, 3.63) is 59.7 Å². The lowest BCUT2D eigenvalue weighted by atomic mass is 10.1. The Morgan fingerprint density at radius 3 is 2.31 bits per heavy atom. The standard InChI is InChI=1S/C21H18N2O6/c1-13(24)23-12-18(29-17-9-5-4-8-16(17)23)21(27)28-11-10-22-19(25)14-6-2-3-7-15(14)20(22)26/h2-9,18H,10-12H2,1H3. The highest BCUT2D eigenvalue weighted by Gasteiger charge is 2.36. The van der Waals surface area contributed by atoms with E-state index < -0.39 is 23.9 Å². The van der Waals surface area contributed by atoms with E-state index in [1.165, 1.54) is 11.8 Å². The minimum absolute atomic E-state index is 0.0260. The van der Waals surface area contributed by atoms with Crippen LogP contribution in [0.4, 0.5) is 5.69 Å². The van der Waals surface area contributed by atoms with Crippen LogP contribution in [0.2, 0.25) is 0 Å². The highest BCUT2D eigenvalue weighted by Crippen LogP contribution is 2.33. The van der Waals surface area contributed by atoms with Crippen molar-refractivity contribution < 1.29 is 28.7 Å². The van der Waals surface area contributed by atoms with Crippen molar-refractivity contribution in [1.82, 2.24) is 4.90 Å². The van der Waals surface area contributed by atoms with Gasteiger partial charge in [-0.3, -0.25) is 19.3 Å². The lowest BCUT2D eigenvalue weighted by Gasteiger charge is -2.33. The van der Waals surface area contributed by atoms with Crippen LogP contribution in [0.1, 0.15) is 27.6 Å². The van der Waals surface area contributed by atoms with Crippen molar-refractivity contribution in [3.63, 3.8) is 0 Å². The highest BCUT2D eigenvalue weighted by molar-refractivity contribution is 6.21. The number of esters is 1. The van der Waals surface area contributed by atoms with Gasteiger partial charge in [0.25, 0.3) is 11.8 Å². The van der Waals surface area contributed by atoms with Crippen LogP contribution in [0, 0.1) is 0 Å². The summed E-state index contributed by atoms with van der Waals surface area (Å²) in [6, 6.07) is 13.5. The molecule has 0 N–H and O–H groups in total. The largest absolute Gasteiger partial charge is 0.475 e. The molecule has 2 aliphatic rings. The third-order valence-corrected chi connectivity index (χ3v) is 4.85. The molecule has 1 unspecified atom stereocenters. The molecule has 3 amide bonds. The van der Waals surface area contributed by atoms with Crippen LogP contribution in [-0.4, -0.2) is 54.4 Å². The first kappa shape index (κ1) is 18.7. The molecule has 0 spiro atoms. The second kappa shape index (κ2) is 7.38. The van der Waals surface area contributed by atoms with Gasteiger partial charge in [-0.2, -0.15) is 0 Å². The Morgan fingerprint density at radius 2 is 1.66 bits per heavy atom. The zero-order chi connectivity index (χ0) is 20.5. The Hall–Kier alpha value is -3.68. The predicted octanol–water partition coefficient (Wildman–Crippen LogP) is 1.64. The van der Waals surface area contributed by atoms with Gasteiger partial charge in [-0.25, -0.2) is 4.79 Å². The molecule has 0 fully saturated rings. The molecule has 2 heterocycles. The molecule has 0 radical (unpaired) electrons. The normalized spacial score (nSPS) is 17.5. The van der Waals surface area contributed by atoms with E-state index in [2.05, 4.69) is 0 Å². The fraction of sp³-hybridized carbons (Fsp3) is 0.238. The molecule has 8 heteroatoms. The number of carbonyl (C=O) groups is 4. The van der Waals surface area contributed by atoms with E-state index >= 15 is 0 Å². The van der Waals surface area contributed by atoms with Gasteiger partial charge in [0.2, 0.25) is 12.0 Å². The van der Waals surface area contributed by atoms with Gasteiger partial charge in [-0.05, 0) is 24.3 Å². The van der Waals surface area contributed by atoms with E-state index in [0.29, 0.717) is 22.6 Å². The van der Waals surface area contributed by atoms with Crippen LogP contribution < -0.4 is 9.64 Å². The van der Waals surface area contributed by atoms with Crippen molar-refractivity contribution in [2.45, 2.75) is 13.0 Å². The van der Waals surface area contributed by atoms with Gasteiger partial charge < -0.3 is 14.4 Å². The quantitative estimate of drug-likeness (QED) is 0.578. The summed E-state index contributed by atoms with van der Waals surface area (Å²) in [5.74, 6) is -1.29. The number of para-hydroxylation sites is 2. The number of anilines is 1. The van der Waals surface area contributed by atoms with Crippen molar-refractivity contribution >= 4 is 29.4 Å². The molecule has 2 aromatic rings. The van der Waals surface area contributed by atoms with Crippen LogP contribution in [0.25, 0.3) is 0 Å². The molecule has 0 aliphatic carbocycles. The number of rotatable bonds is 4. The number of benzene rings is 2. The monoisotopic (exact) mass is 394 g/mol. The third kappa shape index (κ3) is 3.33. The van der Waals surface area contributed by atoms with E-state index in [-0.39, 0.29) is 25.6 Å². The van der Waals surface area contributed by atoms with E-state index in [1.54, 1.807) is 48.5 Å². The molecule has 0 bridgehead atoms. The average molecular weight is 394 g/mol. The maximum absolute atomic E-state index is 12.5. The van der Waals surface area contributed by atoms with Crippen molar-refractivity contribution in [3.8, 4) is 5.75 Å². The number of ether oxygens (including phenoxy) is 2. The molecule has 0 saturated carbocycles. The number of nitrogens with zero attached hydrogens (tertiary/aromatic N) is 2. The summed E-state index contributed by atoms with van der Waals surface area (Å²) in [6.07, 6.45) is -0.990. The number of carbonyl (C=O) groups excluding carboxylic acids is 4. The molecule has 29 heavy (non-hydrogen) atoms. The van der Waals surface area contributed by atoms with Gasteiger partial charge in [-0.15, -0.1) is 0 Å². The van der Waals surface area contributed by atoms with Gasteiger partial charge in [0, 0.05) is 6.92 Å². The summed E-state index contributed by atoms with van der Waals surface area (Å²) in [6.45, 7) is 1.22. The van der Waals surface area contributed by atoms with Gasteiger partial charge >= 0.3 is 5.97 Å². The Labute approximate surface area is 166 Å². The van der Waals surface area contributed by atoms with Crippen LogP contribution in [-0.2, 0) is 14.3 Å². The number of hydrogen-bond donors (Lipinski definition) is 0. The topological polar surface area (TPSA) is 93.2 Å². The van der Waals surface area contributed by atoms with Crippen LogP contribution in [0.15, 0.2) is 48.5 Å². The zero-order valence-corrected chi connectivity index (χ0v) is 15.7. The minimum atomic E-state index is -0.990. The lowest BCUT2D eigenvalue weighted by Crippen LogP contribution is -2.47. The Bertz CT molecular complexity index is 983. The maximum Gasteiger partial charge on any atom is 0.349 e. The third-order valence-electron chi connectivity index (χ3n) is 4.85. The molecule has 148 valence electrons. The number of fused-ring (bicyclic) bond motifs is 2. The predicted molar refractivity (Wildman–Crippen MR) is 102 cm³/mol. The molecule has 1 atom stereocenters. The van der Waals surface area contributed by atoms with Crippen molar-refractivity contribution in [2.75, 3.05) is 24.6 Å². The molecular weight excluding hydrogens is 376 g/mol. The first-order chi connectivity index (χ1) is 14.0. The zero-order valence-electron chi connectivity index (χ0n) is 15.7. The summed E-state index contributed by atoms with van der Waals surface area (Å²) in [5.41, 5.74) is 1.27. The van der Waals surface area contributed by atoms with Crippen LogP contribution in [0.5, 0.6) is 5.75 Å². The molecule has 0 saturated heterocycles. The average Bonchev–Trinajstić information content (AvgIpc) is 2.97. The smallest absolute Gasteiger partial charge is 0.349 e. The van der Waals surface area contributed by atoms with Crippen LogP contribution in [0.3, 0.4) is 0 Å². The summed E-state index contributed by atoms with van der Waals surface area (Å²) in [5, 5.41) is 0. The van der Waals surface area contributed by atoms with E-state index in [4.69, 9.17) is 9.47 Å². The van der Waals surface area contributed by atoms with E-state index in [9.17, 15) is 19.2 Å². The molecule has 4 rings (SSSR count).